The number of rotatable bonds is 6. The lowest BCUT2D eigenvalue weighted by atomic mass is 10.0. The summed E-state index contributed by atoms with van der Waals surface area (Å²) in [6.07, 6.45) is 7.33. The lowest BCUT2D eigenvalue weighted by Crippen LogP contribution is -2.43. The number of nitrogens with one attached hydrogen (secondary N) is 2. The average molecular weight is 453 g/mol. The predicted molar refractivity (Wildman–Crippen MR) is 108 cm³/mol. The summed E-state index contributed by atoms with van der Waals surface area (Å²) in [5, 5.41) is 17.9. The van der Waals surface area contributed by atoms with Crippen molar-refractivity contribution in [1.82, 2.24) is 10.6 Å². The number of halogens is 1. The summed E-state index contributed by atoms with van der Waals surface area (Å²) in [5.74, 6) is 1.30. The molecule has 1 fully saturated rings. The van der Waals surface area contributed by atoms with Crippen LogP contribution in [0.15, 0.2) is 27.8 Å². The first-order valence-corrected chi connectivity index (χ1v) is 9.18. The monoisotopic (exact) mass is 453 g/mol. The third-order valence-corrected chi connectivity index (χ3v) is 5.09. The standard InChI is InChI=1S/C16H27N3O2S.HI/c1-4-17-15(19-12-7-8-13(10-12)22-3)18-11-16(2,20)14-6-5-9-21-14;/h5-6,9,12-13,20H,4,7-8,10-11H2,1-3H3,(H2,17,18,19);1H. The van der Waals surface area contributed by atoms with Crippen molar-refractivity contribution in [2.24, 2.45) is 4.99 Å². The van der Waals surface area contributed by atoms with E-state index in [1.54, 1.807) is 25.3 Å². The maximum Gasteiger partial charge on any atom is 0.191 e. The van der Waals surface area contributed by atoms with E-state index in [1.165, 1.54) is 19.3 Å². The summed E-state index contributed by atoms with van der Waals surface area (Å²) in [6.45, 7) is 4.82. The first kappa shape index (κ1) is 20.6. The second-order valence-corrected chi connectivity index (χ2v) is 7.10. The molecule has 3 N–H and O–H groups in total. The van der Waals surface area contributed by atoms with Gasteiger partial charge in [0.1, 0.15) is 11.4 Å². The molecule has 0 amide bonds. The van der Waals surface area contributed by atoms with Gasteiger partial charge in [0.05, 0.1) is 12.8 Å². The van der Waals surface area contributed by atoms with Gasteiger partial charge in [0, 0.05) is 17.8 Å². The molecule has 3 atom stereocenters. The van der Waals surface area contributed by atoms with Crippen LogP contribution in [0.3, 0.4) is 0 Å². The first-order valence-electron chi connectivity index (χ1n) is 7.89. The molecule has 0 aromatic carbocycles. The van der Waals surface area contributed by atoms with Crippen LogP contribution in [-0.2, 0) is 5.60 Å². The minimum Gasteiger partial charge on any atom is -0.466 e. The van der Waals surface area contributed by atoms with Crippen molar-refractivity contribution in [1.29, 1.82) is 0 Å². The van der Waals surface area contributed by atoms with Crippen molar-refractivity contribution in [2.45, 2.75) is 50.0 Å². The molecule has 1 saturated carbocycles. The molecule has 1 heterocycles. The second-order valence-electron chi connectivity index (χ2n) is 5.96. The van der Waals surface area contributed by atoms with E-state index in [0.29, 0.717) is 11.8 Å². The van der Waals surface area contributed by atoms with Crippen LogP contribution in [0.4, 0.5) is 0 Å². The Hall–Kier alpha value is -0.410. The van der Waals surface area contributed by atoms with Crippen LogP contribution in [0, 0.1) is 0 Å². The third kappa shape index (κ3) is 6.19. The minimum absolute atomic E-state index is 0. The molecule has 23 heavy (non-hydrogen) atoms. The lowest BCUT2D eigenvalue weighted by molar-refractivity contribution is 0.0436. The highest BCUT2D eigenvalue weighted by atomic mass is 127. The zero-order chi connectivity index (χ0) is 16.0. The van der Waals surface area contributed by atoms with Gasteiger partial charge in [-0.3, -0.25) is 0 Å². The van der Waals surface area contributed by atoms with Crippen molar-refractivity contribution in [3.05, 3.63) is 24.2 Å². The largest absolute Gasteiger partial charge is 0.466 e. The Labute approximate surface area is 160 Å². The smallest absolute Gasteiger partial charge is 0.191 e. The number of hydrogen-bond donors (Lipinski definition) is 3. The Bertz CT molecular complexity index is 480. The molecule has 0 radical (unpaired) electrons. The topological polar surface area (TPSA) is 69.8 Å². The number of aliphatic hydroxyl groups is 1. The van der Waals surface area contributed by atoms with Gasteiger partial charge in [-0.2, -0.15) is 11.8 Å². The number of hydrogen-bond acceptors (Lipinski definition) is 4. The van der Waals surface area contributed by atoms with Gasteiger partial charge in [0.2, 0.25) is 0 Å². The summed E-state index contributed by atoms with van der Waals surface area (Å²) in [4.78, 5) is 4.53. The van der Waals surface area contributed by atoms with Gasteiger partial charge in [-0.25, -0.2) is 4.99 Å². The quantitative estimate of drug-likeness (QED) is 0.351. The molecule has 7 heteroatoms. The Morgan fingerprint density at radius 1 is 1.52 bits per heavy atom. The summed E-state index contributed by atoms with van der Waals surface area (Å²) < 4.78 is 5.29. The molecular formula is C16H28IN3O2S. The van der Waals surface area contributed by atoms with Gasteiger partial charge in [-0.1, -0.05) is 0 Å². The zero-order valence-electron chi connectivity index (χ0n) is 14.0. The summed E-state index contributed by atoms with van der Waals surface area (Å²) >= 11 is 1.94. The Balaban J connectivity index is 0.00000264. The van der Waals surface area contributed by atoms with Crippen molar-refractivity contribution < 1.29 is 9.52 Å². The van der Waals surface area contributed by atoms with Crippen LogP contribution < -0.4 is 10.6 Å². The molecule has 0 bridgehead atoms. The Morgan fingerprint density at radius 2 is 2.30 bits per heavy atom. The predicted octanol–water partition coefficient (Wildman–Crippen LogP) is 2.94. The molecule has 0 spiro atoms. The van der Waals surface area contributed by atoms with E-state index >= 15 is 0 Å². The van der Waals surface area contributed by atoms with E-state index in [4.69, 9.17) is 4.42 Å². The van der Waals surface area contributed by atoms with Gasteiger partial charge >= 0.3 is 0 Å². The van der Waals surface area contributed by atoms with E-state index in [2.05, 4.69) is 21.9 Å². The van der Waals surface area contributed by atoms with Crippen LogP contribution in [0.25, 0.3) is 0 Å². The highest BCUT2D eigenvalue weighted by Gasteiger charge is 2.27. The van der Waals surface area contributed by atoms with E-state index in [1.807, 2.05) is 18.7 Å². The fraction of sp³-hybridized carbons (Fsp3) is 0.688. The molecule has 1 aliphatic carbocycles. The third-order valence-electron chi connectivity index (χ3n) is 4.00. The number of guanidine groups is 1. The van der Waals surface area contributed by atoms with Crippen LogP contribution >= 0.6 is 35.7 Å². The number of nitrogens with zero attached hydrogens (tertiary/aromatic N) is 1. The van der Waals surface area contributed by atoms with Gasteiger partial charge < -0.3 is 20.2 Å². The molecule has 1 aromatic rings. The fourth-order valence-corrected chi connectivity index (χ4v) is 3.49. The van der Waals surface area contributed by atoms with Crippen LogP contribution in [0.2, 0.25) is 0 Å². The molecule has 2 rings (SSSR count). The molecule has 0 saturated heterocycles. The van der Waals surface area contributed by atoms with E-state index < -0.39 is 5.60 Å². The zero-order valence-corrected chi connectivity index (χ0v) is 17.2. The van der Waals surface area contributed by atoms with Crippen molar-refractivity contribution in [3.8, 4) is 0 Å². The maximum atomic E-state index is 10.5. The van der Waals surface area contributed by atoms with E-state index in [-0.39, 0.29) is 30.5 Å². The second kappa shape index (κ2) is 9.78. The molecule has 1 aliphatic rings. The molecule has 3 unspecified atom stereocenters. The van der Waals surface area contributed by atoms with Crippen molar-refractivity contribution in [2.75, 3.05) is 19.3 Å². The lowest BCUT2D eigenvalue weighted by Gasteiger charge is -2.21. The van der Waals surface area contributed by atoms with Crippen molar-refractivity contribution >= 4 is 41.7 Å². The molecular weight excluding hydrogens is 425 g/mol. The number of aliphatic imine (C=N–C) groups is 1. The summed E-state index contributed by atoms with van der Waals surface area (Å²) in [5.41, 5.74) is -1.09. The highest BCUT2D eigenvalue weighted by Crippen LogP contribution is 2.28. The Morgan fingerprint density at radius 3 is 2.87 bits per heavy atom. The van der Waals surface area contributed by atoms with Crippen molar-refractivity contribution in [3.63, 3.8) is 0 Å². The summed E-state index contributed by atoms with van der Waals surface area (Å²) in [6, 6.07) is 4.01. The highest BCUT2D eigenvalue weighted by molar-refractivity contribution is 14.0. The molecule has 0 aliphatic heterocycles. The molecule has 1 aromatic heterocycles. The number of thioether (sulfide) groups is 1. The van der Waals surface area contributed by atoms with Gasteiger partial charge in [-0.05, 0) is 51.5 Å². The Kier molecular flexibility index (Phi) is 8.78. The van der Waals surface area contributed by atoms with E-state index in [9.17, 15) is 5.11 Å². The van der Waals surface area contributed by atoms with Gasteiger partial charge in [-0.15, -0.1) is 24.0 Å². The normalized spacial score (nSPS) is 23.9. The fourth-order valence-electron chi connectivity index (χ4n) is 2.69. The van der Waals surface area contributed by atoms with E-state index in [0.717, 1.165) is 17.8 Å². The van der Waals surface area contributed by atoms with Crippen LogP contribution in [0.5, 0.6) is 0 Å². The van der Waals surface area contributed by atoms with Gasteiger partial charge in [0.25, 0.3) is 0 Å². The minimum atomic E-state index is -1.09. The molecule has 132 valence electrons. The maximum absolute atomic E-state index is 10.5. The van der Waals surface area contributed by atoms with Crippen LogP contribution in [-0.4, -0.2) is 41.7 Å². The SMILES string of the molecule is CCNC(=NCC(C)(O)c1ccco1)NC1CCC(SC)C1.I. The van der Waals surface area contributed by atoms with Gasteiger partial charge in [0.15, 0.2) is 5.96 Å². The first-order chi connectivity index (χ1) is 10.5. The molecule has 5 nitrogen and oxygen atoms in total. The average Bonchev–Trinajstić information content (AvgIpc) is 3.16. The number of furan rings is 1. The summed E-state index contributed by atoms with van der Waals surface area (Å²) in [7, 11) is 0. The van der Waals surface area contributed by atoms with Crippen LogP contribution in [0.1, 0.15) is 38.9 Å².